The summed E-state index contributed by atoms with van der Waals surface area (Å²) in [5.41, 5.74) is 9.44. The van der Waals surface area contributed by atoms with E-state index in [1.165, 1.54) is 0 Å². The fourth-order valence-electron chi connectivity index (χ4n) is 6.22. The van der Waals surface area contributed by atoms with Gasteiger partial charge in [0.2, 0.25) is 5.91 Å². The van der Waals surface area contributed by atoms with Crippen LogP contribution in [0.3, 0.4) is 0 Å². The zero-order valence-electron chi connectivity index (χ0n) is 29.5. The predicted octanol–water partition coefficient (Wildman–Crippen LogP) is 3.99. The SMILES string of the molecule is COCCCCOc1ccc([C@@H]2[C@@H](OCc3ccc4c(c3)N(CCCOC)CCO4)CN(C(=O)[C@@H](N)C(C)C)C[C@H]2OC[C@@H](C)O)cc1. The first-order valence-electron chi connectivity index (χ1n) is 17.4. The molecule has 2 aromatic rings. The van der Waals surface area contributed by atoms with Crippen molar-refractivity contribution >= 4 is 11.6 Å². The molecule has 2 aliphatic rings. The molecule has 0 spiro atoms. The normalized spacial score (nSPS) is 20.7. The molecular weight excluding hydrogens is 614 g/mol. The Balaban J connectivity index is 1.58. The van der Waals surface area contributed by atoms with Gasteiger partial charge in [0.15, 0.2) is 0 Å². The molecule has 0 bridgehead atoms. The van der Waals surface area contributed by atoms with Crippen LogP contribution in [0.15, 0.2) is 42.5 Å². The van der Waals surface area contributed by atoms with Gasteiger partial charge in [-0.15, -0.1) is 0 Å². The molecule has 1 fully saturated rings. The molecule has 3 N–H and O–H groups in total. The van der Waals surface area contributed by atoms with E-state index in [-0.39, 0.29) is 24.3 Å². The monoisotopic (exact) mass is 671 g/mol. The molecule has 4 rings (SSSR count). The highest BCUT2D eigenvalue weighted by atomic mass is 16.5. The zero-order chi connectivity index (χ0) is 34.5. The van der Waals surface area contributed by atoms with Crippen molar-refractivity contribution in [2.45, 2.75) is 76.9 Å². The maximum absolute atomic E-state index is 13.6. The van der Waals surface area contributed by atoms with Crippen molar-refractivity contribution in [3.8, 4) is 11.5 Å². The van der Waals surface area contributed by atoms with E-state index < -0.39 is 24.4 Å². The summed E-state index contributed by atoms with van der Waals surface area (Å²) in [5, 5.41) is 10.2. The topological polar surface area (TPSA) is 125 Å². The van der Waals surface area contributed by atoms with Crippen LogP contribution < -0.4 is 20.1 Å². The van der Waals surface area contributed by atoms with Crippen molar-refractivity contribution in [1.29, 1.82) is 0 Å². The van der Waals surface area contributed by atoms with Gasteiger partial charge >= 0.3 is 0 Å². The highest BCUT2D eigenvalue weighted by Crippen LogP contribution is 2.36. The second-order valence-corrected chi connectivity index (χ2v) is 13.2. The van der Waals surface area contributed by atoms with Crippen molar-refractivity contribution in [2.75, 3.05) is 78.3 Å². The van der Waals surface area contributed by atoms with Gasteiger partial charge in [0.05, 0.1) is 56.4 Å². The van der Waals surface area contributed by atoms with Gasteiger partial charge in [-0.2, -0.15) is 0 Å². The molecule has 0 saturated carbocycles. The van der Waals surface area contributed by atoms with Crippen LogP contribution in [0, 0.1) is 5.92 Å². The number of nitrogens with two attached hydrogens (primary N) is 1. The van der Waals surface area contributed by atoms with E-state index >= 15 is 0 Å². The third-order valence-corrected chi connectivity index (χ3v) is 8.97. The number of aliphatic hydroxyl groups is 1. The number of ether oxygens (including phenoxy) is 6. The molecule has 1 saturated heterocycles. The Morgan fingerprint density at radius 3 is 2.33 bits per heavy atom. The van der Waals surface area contributed by atoms with Crippen molar-refractivity contribution in [3.63, 3.8) is 0 Å². The van der Waals surface area contributed by atoms with Crippen LogP contribution in [0.5, 0.6) is 11.5 Å². The molecule has 5 atom stereocenters. The summed E-state index contributed by atoms with van der Waals surface area (Å²) >= 11 is 0. The van der Waals surface area contributed by atoms with E-state index in [9.17, 15) is 9.90 Å². The molecule has 2 heterocycles. The lowest BCUT2D eigenvalue weighted by molar-refractivity contribution is -0.149. The first-order valence-corrected chi connectivity index (χ1v) is 17.4. The van der Waals surface area contributed by atoms with Crippen LogP contribution in [0.1, 0.15) is 57.1 Å². The van der Waals surface area contributed by atoms with Crippen molar-refractivity contribution < 1.29 is 38.3 Å². The number of benzene rings is 2. The molecular formula is C37H57N3O8. The molecule has 1 amide bonds. The Morgan fingerprint density at radius 1 is 0.958 bits per heavy atom. The molecule has 11 nitrogen and oxygen atoms in total. The molecule has 2 aliphatic heterocycles. The quantitative estimate of drug-likeness (QED) is 0.212. The number of hydrogen-bond acceptors (Lipinski definition) is 10. The summed E-state index contributed by atoms with van der Waals surface area (Å²) in [5.74, 6) is 1.31. The lowest BCUT2D eigenvalue weighted by Crippen LogP contribution is -2.58. The molecule has 0 aliphatic carbocycles. The van der Waals surface area contributed by atoms with E-state index in [1.54, 1.807) is 26.0 Å². The van der Waals surface area contributed by atoms with Gasteiger partial charge in [-0.1, -0.05) is 32.0 Å². The van der Waals surface area contributed by atoms with E-state index in [1.807, 2.05) is 38.1 Å². The fraction of sp³-hybridized carbons (Fsp3) is 0.649. The fourth-order valence-corrected chi connectivity index (χ4v) is 6.22. The maximum atomic E-state index is 13.6. The number of fused-ring (bicyclic) bond motifs is 1. The minimum atomic E-state index is -0.660. The smallest absolute Gasteiger partial charge is 0.239 e. The van der Waals surface area contributed by atoms with Crippen molar-refractivity contribution in [2.24, 2.45) is 11.7 Å². The molecule has 0 aromatic heterocycles. The standard InChI is InChI=1S/C37H57N3O8/c1-26(2)36(38)37(42)40-22-33(47-24-27(3)41)35(29-10-12-30(13-11-29)45-19-7-6-17-43-4)34(23-40)48-25-28-9-14-32-31(21-28)39(16-20-46-32)15-8-18-44-5/h9-14,21,26-27,33-36,41H,6-8,15-20,22-25,38H2,1-5H3/t27-,33-,34+,35+,36+/m1/s1. The average Bonchev–Trinajstić information content (AvgIpc) is 3.09. The van der Waals surface area contributed by atoms with Gasteiger partial charge in [-0.05, 0) is 67.5 Å². The second-order valence-electron chi connectivity index (χ2n) is 13.2. The molecule has 268 valence electrons. The Labute approximate surface area is 286 Å². The number of rotatable bonds is 19. The second kappa shape index (κ2) is 19.3. The summed E-state index contributed by atoms with van der Waals surface area (Å²) in [7, 11) is 3.43. The zero-order valence-corrected chi connectivity index (χ0v) is 29.5. The van der Waals surface area contributed by atoms with Gasteiger partial charge in [0.25, 0.3) is 0 Å². The highest BCUT2D eigenvalue weighted by molar-refractivity contribution is 5.82. The van der Waals surface area contributed by atoms with E-state index in [2.05, 4.69) is 23.1 Å². The number of nitrogens with zero attached hydrogens (tertiary/aromatic N) is 2. The Kier molecular flexibility index (Phi) is 15.2. The van der Waals surface area contributed by atoms with Gasteiger partial charge in [0, 0.05) is 53.0 Å². The van der Waals surface area contributed by atoms with Gasteiger partial charge in [0.1, 0.15) is 18.1 Å². The maximum Gasteiger partial charge on any atom is 0.239 e. The number of amides is 1. The van der Waals surface area contributed by atoms with E-state index in [0.717, 1.165) is 60.7 Å². The summed E-state index contributed by atoms with van der Waals surface area (Å²) in [6.07, 6.45) is 1.30. The van der Waals surface area contributed by atoms with Gasteiger partial charge in [-0.3, -0.25) is 4.79 Å². The molecule has 0 unspecified atom stereocenters. The van der Waals surface area contributed by atoms with Crippen LogP contribution in [0.4, 0.5) is 5.69 Å². The van der Waals surface area contributed by atoms with Crippen LogP contribution >= 0.6 is 0 Å². The number of anilines is 1. The lowest BCUT2D eigenvalue weighted by Gasteiger charge is -2.44. The number of methoxy groups -OCH3 is 2. The number of carbonyl (C=O) groups is 1. The first kappa shape index (κ1) is 37.9. The molecule has 48 heavy (non-hydrogen) atoms. The summed E-state index contributed by atoms with van der Waals surface area (Å²) in [6, 6.07) is 13.6. The van der Waals surface area contributed by atoms with Crippen LogP contribution in [-0.4, -0.2) is 114 Å². The third-order valence-electron chi connectivity index (χ3n) is 8.97. The number of piperidine rings is 1. The first-order chi connectivity index (χ1) is 23.2. The Hall–Kier alpha value is -2.93. The van der Waals surface area contributed by atoms with Crippen LogP contribution in [0.2, 0.25) is 0 Å². The van der Waals surface area contributed by atoms with Crippen LogP contribution in [0.25, 0.3) is 0 Å². The van der Waals surface area contributed by atoms with E-state index in [0.29, 0.717) is 46.1 Å². The molecule has 2 aromatic carbocycles. The largest absolute Gasteiger partial charge is 0.494 e. The average molecular weight is 672 g/mol. The van der Waals surface area contributed by atoms with E-state index in [4.69, 9.17) is 34.2 Å². The predicted molar refractivity (Wildman–Crippen MR) is 186 cm³/mol. The van der Waals surface area contributed by atoms with Gasteiger partial charge < -0.3 is 49.1 Å². The van der Waals surface area contributed by atoms with Crippen molar-refractivity contribution in [1.82, 2.24) is 4.90 Å². The summed E-state index contributed by atoms with van der Waals surface area (Å²) < 4.78 is 35.4. The lowest BCUT2D eigenvalue weighted by atomic mass is 9.84. The number of unbranched alkanes of at least 4 members (excludes halogenated alkanes) is 1. The number of hydrogen-bond donors (Lipinski definition) is 2. The summed E-state index contributed by atoms with van der Waals surface area (Å²) in [4.78, 5) is 17.7. The highest BCUT2D eigenvalue weighted by Gasteiger charge is 2.42. The number of aliphatic hydroxyl groups excluding tert-OH is 1. The number of likely N-dealkylation sites (tertiary alicyclic amines) is 1. The Morgan fingerprint density at radius 2 is 1.65 bits per heavy atom. The Bertz CT molecular complexity index is 1240. The van der Waals surface area contributed by atoms with Gasteiger partial charge in [-0.25, -0.2) is 0 Å². The number of carbonyl (C=O) groups excluding carboxylic acids is 1. The molecule has 0 radical (unpaired) electrons. The molecule has 11 heteroatoms. The minimum absolute atomic E-state index is 0.0157. The van der Waals surface area contributed by atoms with Crippen LogP contribution in [-0.2, 0) is 30.3 Å². The van der Waals surface area contributed by atoms with Crippen molar-refractivity contribution in [3.05, 3.63) is 53.6 Å². The summed E-state index contributed by atoms with van der Waals surface area (Å²) in [6.45, 7) is 11.1. The minimum Gasteiger partial charge on any atom is -0.494 e. The third kappa shape index (κ3) is 10.8.